The van der Waals surface area contributed by atoms with Crippen LogP contribution in [0.25, 0.3) is 11.1 Å². The Morgan fingerprint density at radius 3 is 2.44 bits per heavy atom. The van der Waals surface area contributed by atoms with Crippen molar-refractivity contribution < 1.29 is 13.2 Å². The molecule has 3 aromatic rings. The molecule has 0 bridgehead atoms. The number of anilines is 1. The summed E-state index contributed by atoms with van der Waals surface area (Å²) in [7, 11) is -1.88. The largest absolute Gasteiger partial charge is 0.487 e. The van der Waals surface area contributed by atoms with Gasteiger partial charge in [-0.3, -0.25) is 4.72 Å². The summed E-state index contributed by atoms with van der Waals surface area (Å²) in [5.41, 5.74) is 1.51. The molecule has 32 heavy (non-hydrogen) atoms. The fourth-order valence-electron chi connectivity index (χ4n) is 3.42. The molecule has 4 rings (SSSR count). The van der Waals surface area contributed by atoms with Crippen LogP contribution in [0, 0.1) is 0 Å². The van der Waals surface area contributed by atoms with E-state index in [0.717, 1.165) is 30.8 Å². The molecular formula is C21H18Cl4N2O3S2. The molecule has 5 nitrogen and oxygen atoms in total. The number of halogens is 4. The summed E-state index contributed by atoms with van der Waals surface area (Å²) in [4.78, 5) is 2.16. The molecule has 0 aliphatic carbocycles. The van der Waals surface area contributed by atoms with Gasteiger partial charge in [0.2, 0.25) is 0 Å². The van der Waals surface area contributed by atoms with E-state index in [2.05, 4.69) is 9.62 Å². The molecule has 170 valence electrons. The van der Waals surface area contributed by atoms with E-state index < -0.39 is 10.0 Å². The van der Waals surface area contributed by atoms with Gasteiger partial charge in [0, 0.05) is 34.8 Å². The maximum atomic E-state index is 13.0. The first-order valence-corrected chi connectivity index (χ1v) is 13.4. The van der Waals surface area contributed by atoms with Crippen molar-refractivity contribution in [2.45, 2.75) is 16.7 Å². The summed E-state index contributed by atoms with van der Waals surface area (Å²) in [5, 5.41) is 1.28. The van der Waals surface area contributed by atoms with Crippen molar-refractivity contribution in [2.24, 2.45) is 0 Å². The van der Waals surface area contributed by atoms with Crippen molar-refractivity contribution in [1.82, 2.24) is 4.90 Å². The molecule has 2 aromatic carbocycles. The fraction of sp³-hybridized carbons (Fsp3) is 0.238. The van der Waals surface area contributed by atoms with Gasteiger partial charge >= 0.3 is 0 Å². The van der Waals surface area contributed by atoms with E-state index in [1.807, 2.05) is 7.05 Å². The SMILES string of the molecule is CN1CC[C@@H](Oc2cc(NS(=O)(=O)c3cc(-c4cc(Cl)cc(Cl)c4)c(Cl)s3)ccc2Cl)C1. The molecular weight excluding hydrogens is 534 g/mol. The molecule has 1 fully saturated rings. The van der Waals surface area contributed by atoms with Gasteiger partial charge in [-0.05, 0) is 55.4 Å². The average Bonchev–Trinajstić information content (AvgIpc) is 3.29. The number of benzene rings is 2. The first kappa shape index (κ1) is 24.0. The van der Waals surface area contributed by atoms with Crippen LogP contribution in [-0.2, 0) is 10.0 Å². The molecule has 1 aromatic heterocycles. The van der Waals surface area contributed by atoms with Crippen molar-refractivity contribution in [3.63, 3.8) is 0 Å². The zero-order valence-electron chi connectivity index (χ0n) is 16.7. The topological polar surface area (TPSA) is 58.6 Å². The van der Waals surface area contributed by atoms with Crippen LogP contribution >= 0.6 is 57.7 Å². The molecule has 1 N–H and O–H groups in total. The van der Waals surface area contributed by atoms with Crippen LogP contribution in [-0.4, -0.2) is 39.6 Å². The number of likely N-dealkylation sites (N-methyl/N-ethyl adjacent to an activating group) is 1. The minimum Gasteiger partial charge on any atom is -0.487 e. The van der Waals surface area contributed by atoms with Gasteiger partial charge in [0.15, 0.2) is 0 Å². The number of rotatable bonds is 6. The normalized spacial score (nSPS) is 17.0. The number of ether oxygens (including phenoxy) is 1. The van der Waals surface area contributed by atoms with E-state index in [4.69, 9.17) is 51.1 Å². The van der Waals surface area contributed by atoms with Gasteiger partial charge < -0.3 is 9.64 Å². The highest BCUT2D eigenvalue weighted by atomic mass is 35.5. The second-order valence-electron chi connectivity index (χ2n) is 7.45. The highest BCUT2D eigenvalue weighted by Crippen LogP contribution is 2.40. The Kier molecular flexibility index (Phi) is 7.17. The smallest absolute Gasteiger partial charge is 0.271 e. The summed E-state index contributed by atoms with van der Waals surface area (Å²) in [6, 6.07) is 11.2. The highest BCUT2D eigenvalue weighted by Gasteiger charge is 2.24. The molecule has 1 aliphatic rings. The Labute approximate surface area is 210 Å². The maximum absolute atomic E-state index is 13.0. The Morgan fingerprint density at radius 1 is 1.06 bits per heavy atom. The Bertz CT molecular complexity index is 1240. The Balaban J connectivity index is 1.58. The van der Waals surface area contributed by atoms with Crippen LogP contribution in [0.2, 0.25) is 19.4 Å². The maximum Gasteiger partial charge on any atom is 0.271 e. The van der Waals surface area contributed by atoms with Gasteiger partial charge in [0.05, 0.1) is 10.7 Å². The minimum absolute atomic E-state index is 0.00698. The van der Waals surface area contributed by atoms with Gasteiger partial charge in [-0.2, -0.15) is 0 Å². The lowest BCUT2D eigenvalue weighted by Gasteiger charge is -2.16. The zero-order chi connectivity index (χ0) is 23.0. The molecule has 2 heterocycles. The lowest BCUT2D eigenvalue weighted by Crippen LogP contribution is -2.21. The minimum atomic E-state index is -3.90. The number of hydrogen-bond acceptors (Lipinski definition) is 5. The zero-order valence-corrected chi connectivity index (χ0v) is 21.4. The Hall–Kier alpha value is -1.19. The van der Waals surface area contributed by atoms with Crippen LogP contribution in [0.3, 0.4) is 0 Å². The lowest BCUT2D eigenvalue weighted by atomic mass is 10.1. The number of likely N-dealkylation sites (tertiary alicyclic amines) is 1. The molecule has 11 heteroatoms. The highest BCUT2D eigenvalue weighted by molar-refractivity contribution is 7.94. The van der Waals surface area contributed by atoms with E-state index in [9.17, 15) is 8.42 Å². The molecule has 1 aliphatic heterocycles. The van der Waals surface area contributed by atoms with Crippen molar-refractivity contribution in [3.05, 3.63) is 61.9 Å². The van der Waals surface area contributed by atoms with Crippen molar-refractivity contribution in [3.8, 4) is 16.9 Å². The van der Waals surface area contributed by atoms with E-state index in [1.54, 1.807) is 36.4 Å². The third-order valence-corrected chi connectivity index (χ3v) is 8.89. The van der Waals surface area contributed by atoms with E-state index in [1.165, 1.54) is 6.07 Å². The number of hydrogen-bond donors (Lipinski definition) is 1. The van der Waals surface area contributed by atoms with Crippen LogP contribution in [0.5, 0.6) is 5.75 Å². The summed E-state index contributed by atoms with van der Waals surface area (Å²) in [5.74, 6) is 0.436. The number of sulfonamides is 1. The van der Waals surface area contributed by atoms with Gasteiger partial charge in [0.1, 0.15) is 20.4 Å². The second-order valence-corrected chi connectivity index (χ2v) is 12.3. The van der Waals surface area contributed by atoms with E-state index in [0.29, 0.717) is 42.0 Å². The summed E-state index contributed by atoms with van der Waals surface area (Å²) in [6.45, 7) is 1.73. The predicted octanol–water partition coefficient (Wildman–Crippen LogP) is 6.91. The van der Waals surface area contributed by atoms with Crippen LogP contribution in [0.1, 0.15) is 6.42 Å². The summed E-state index contributed by atoms with van der Waals surface area (Å²) in [6.07, 6.45) is 0.889. The van der Waals surface area contributed by atoms with E-state index in [-0.39, 0.29) is 10.3 Å². The standard InChI is InChI=1S/C21H18Cl4N2O3S2/c1-27-5-4-16(11-27)30-19-9-15(2-3-18(19)24)26-32(28,29)20-10-17(21(25)31-20)12-6-13(22)8-14(23)7-12/h2-3,6-10,16,26H,4-5,11H2,1H3/t16-/m1/s1. The molecule has 1 saturated heterocycles. The molecule has 0 saturated carbocycles. The summed E-state index contributed by atoms with van der Waals surface area (Å²) < 4.78 is 35.0. The summed E-state index contributed by atoms with van der Waals surface area (Å²) >= 11 is 25.7. The first-order valence-electron chi connectivity index (χ1n) is 9.54. The molecule has 0 amide bonds. The predicted molar refractivity (Wildman–Crippen MR) is 134 cm³/mol. The van der Waals surface area contributed by atoms with Crippen molar-refractivity contribution in [2.75, 3.05) is 24.9 Å². The molecule has 0 unspecified atom stereocenters. The number of nitrogens with zero attached hydrogens (tertiary/aromatic N) is 1. The van der Waals surface area contributed by atoms with Gasteiger partial charge in [0.25, 0.3) is 10.0 Å². The van der Waals surface area contributed by atoms with Gasteiger partial charge in [-0.25, -0.2) is 8.42 Å². The number of thiophene rings is 1. The Morgan fingerprint density at radius 2 is 1.78 bits per heavy atom. The third-order valence-electron chi connectivity index (χ3n) is 4.93. The monoisotopic (exact) mass is 550 g/mol. The quantitative estimate of drug-likeness (QED) is 0.361. The van der Waals surface area contributed by atoms with Gasteiger partial charge in [-0.15, -0.1) is 11.3 Å². The third kappa shape index (κ3) is 5.47. The first-order chi connectivity index (χ1) is 15.1. The fourth-order valence-corrected chi connectivity index (χ4v) is 6.92. The second kappa shape index (κ2) is 9.58. The molecule has 0 radical (unpaired) electrons. The molecule has 1 atom stereocenters. The van der Waals surface area contributed by atoms with Crippen LogP contribution in [0.15, 0.2) is 46.7 Å². The number of nitrogens with one attached hydrogen (secondary N) is 1. The van der Waals surface area contributed by atoms with Crippen LogP contribution in [0.4, 0.5) is 5.69 Å². The average molecular weight is 552 g/mol. The van der Waals surface area contributed by atoms with Crippen molar-refractivity contribution >= 4 is 73.5 Å². The lowest BCUT2D eigenvalue weighted by molar-refractivity contribution is 0.208. The van der Waals surface area contributed by atoms with Gasteiger partial charge in [-0.1, -0.05) is 46.4 Å². The van der Waals surface area contributed by atoms with Crippen molar-refractivity contribution in [1.29, 1.82) is 0 Å². The molecule has 0 spiro atoms. The van der Waals surface area contributed by atoms with E-state index >= 15 is 0 Å². The van der Waals surface area contributed by atoms with Crippen LogP contribution < -0.4 is 9.46 Å².